The van der Waals surface area contributed by atoms with E-state index in [4.69, 9.17) is 5.73 Å². The van der Waals surface area contributed by atoms with Crippen LogP contribution in [0.25, 0.3) is 10.8 Å². The number of anilines is 2. The molecule has 0 fully saturated rings. The van der Waals surface area contributed by atoms with Crippen LogP contribution in [-0.2, 0) is 0 Å². The molecule has 0 aliphatic rings. The molecule has 3 nitrogen and oxygen atoms in total. The molecule has 0 bridgehead atoms. The molecule has 0 aromatic heterocycles. The standard InChI is InChI=1S/C17H13FN2O/c18-12-7-5-11(6-8-12)17(21)20-16-10-9-15(19)13-3-1-2-4-14(13)16/h1-10H,19H2,(H,20,21). The molecule has 1 amide bonds. The van der Waals surface area contributed by atoms with E-state index in [0.29, 0.717) is 16.9 Å². The molecule has 0 unspecified atom stereocenters. The Morgan fingerprint density at radius 2 is 1.57 bits per heavy atom. The molecule has 3 rings (SSSR count). The van der Waals surface area contributed by atoms with Gasteiger partial charge >= 0.3 is 0 Å². The lowest BCUT2D eigenvalue weighted by molar-refractivity contribution is 0.102. The number of carbonyl (C=O) groups excluding carboxylic acids is 1. The molecule has 0 aliphatic carbocycles. The Morgan fingerprint density at radius 1 is 0.905 bits per heavy atom. The SMILES string of the molecule is Nc1ccc(NC(=O)c2ccc(F)cc2)c2ccccc12. The van der Waals surface area contributed by atoms with Gasteiger partial charge in [0.15, 0.2) is 0 Å². The highest BCUT2D eigenvalue weighted by Gasteiger charge is 2.09. The van der Waals surface area contributed by atoms with Crippen molar-refractivity contribution in [3.8, 4) is 0 Å². The minimum atomic E-state index is -0.371. The first-order chi connectivity index (χ1) is 10.1. The van der Waals surface area contributed by atoms with Crippen LogP contribution in [-0.4, -0.2) is 5.91 Å². The number of hydrogen-bond acceptors (Lipinski definition) is 2. The average molecular weight is 280 g/mol. The highest BCUT2D eigenvalue weighted by Crippen LogP contribution is 2.28. The first-order valence-electron chi connectivity index (χ1n) is 6.49. The monoisotopic (exact) mass is 280 g/mol. The second kappa shape index (κ2) is 5.25. The van der Waals surface area contributed by atoms with Crippen molar-refractivity contribution >= 4 is 28.1 Å². The summed E-state index contributed by atoms with van der Waals surface area (Å²) in [5.74, 6) is -0.658. The fraction of sp³-hybridized carbons (Fsp3) is 0. The third-order valence-corrected chi connectivity index (χ3v) is 3.31. The molecule has 0 heterocycles. The number of hydrogen-bond donors (Lipinski definition) is 2. The lowest BCUT2D eigenvalue weighted by atomic mass is 10.1. The van der Waals surface area contributed by atoms with Crippen LogP contribution >= 0.6 is 0 Å². The molecule has 0 saturated heterocycles. The molecule has 3 aromatic rings. The predicted molar refractivity (Wildman–Crippen MR) is 82.7 cm³/mol. The van der Waals surface area contributed by atoms with Crippen molar-refractivity contribution in [2.24, 2.45) is 0 Å². The number of amides is 1. The van der Waals surface area contributed by atoms with E-state index in [1.54, 1.807) is 12.1 Å². The lowest BCUT2D eigenvalue weighted by Gasteiger charge is -2.10. The van der Waals surface area contributed by atoms with E-state index in [0.717, 1.165) is 10.8 Å². The predicted octanol–water partition coefficient (Wildman–Crippen LogP) is 3.81. The van der Waals surface area contributed by atoms with Gasteiger partial charge in [-0.15, -0.1) is 0 Å². The number of nitrogens with two attached hydrogens (primary N) is 1. The Labute approximate surface area is 121 Å². The number of fused-ring (bicyclic) bond motifs is 1. The largest absolute Gasteiger partial charge is 0.398 e. The van der Waals surface area contributed by atoms with Gasteiger partial charge in [0.2, 0.25) is 0 Å². The Balaban J connectivity index is 1.97. The van der Waals surface area contributed by atoms with E-state index in [1.807, 2.05) is 24.3 Å². The van der Waals surface area contributed by atoms with Crippen molar-refractivity contribution in [3.63, 3.8) is 0 Å². The molecule has 0 aliphatic heterocycles. The first kappa shape index (κ1) is 13.1. The van der Waals surface area contributed by atoms with Gasteiger partial charge in [-0.1, -0.05) is 24.3 Å². The van der Waals surface area contributed by atoms with E-state index in [-0.39, 0.29) is 11.7 Å². The fourth-order valence-corrected chi connectivity index (χ4v) is 2.23. The van der Waals surface area contributed by atoms with Gasteiger partial charge in [-0.05, 0) is 36.4 Å². The van der Waals surface area contributed by atoms with Crippen molar-refractivity contribution in [2.45, 2.75) is 0 Å². The fourth-order valence-electron chi connectivity index (χ4n) is 2.23. The van der Waals surface area contributed by atoms with Gasteiger partial charge in [0.1, 0.15) is 5.82 Å². The van der Waals surface area contributed by atoms with Crippen molar-refractivity contribution in [1.29, 1.82) is 0 Å². The van der Waals surface area contributed by atoms with Gasteiger partial charge in [-0.3, -0.25) is 4.79 Å². The summed E-state index contributed by atoms with van der Waals surface area (Å²) in [6.07, 6.45) is 0. The summed E-state index contributed by atoms with van der Waals surface area (Å²) in [7, 11) is 0. The van der Waals surface area contributed by atoms with Crippen molar-refractivity contribution in [1.82, 2.24) is 0 Å². The van der Waals surface area contributed by atoms with Gasteiger partial charge in [0.25, 0.3) is 5.91 Å². The van der Waals surface area contributed by atoms with E-state index in [2.05, 4.69) is 5.32 Å². The molecule has 0 saturated carbocycles. The molecule has 21 heavy (non-hydrogen) atoms. The second-order valence-electron chi connectivity index (χ2n) is 4.71. The van der Waals surface area contributed by atoms with E-state index >= 15 is 0 Å². The zero-order valence-electron chi connectivity index (χ0n) is 11.1. The van der Waals surface area contributed by atoms with Crippen LogP contribution in [0.1, 0.15) is 10.4 Å². The number of rotatable bonds is 2. The van der Waals surface area contributed by atoms with Crippen LogP contribution in [0, 0.1) is 5.82 Å². The summed E-state index contributed by atoms with van der Waals surface area (Å²) in [4.78, 5) is 12.2. The molecule has 0 spiro atoms. The first-order valence-corrected chi connectivity index (χ1v) is 6.49. The molecule has 3 N–H and O–H groups in total. The van der Waals surface area contributed by atoms with E-state index in [1.165, 1.54) is 24.3 Å². The molecule has 104 valence electrons. The van der Waals surface area contributed by atoms with Gasteiger partial charge in [0.05, 0.1) is 0 Å². The molecular formula is C17H13FN2O. The van der Waals surface area contributed by atoms with Crippen LogP contribution < -0.4 is 11.1 Å². The maximum atomic E-state index is 12.9. The number of carbonyl (C=O) groups is 1. The van der Waals surface area contributed by atoms with Gasteiger partial charge < -0.3 is 11.1 Å². The van der Waals surface area contributed by atoms with E-state index < -0.39 is 0 Å². The topological polar surface area (TPSA) is 55.1 Å². The number of nitrogens with one attached hydrogen (secondary N) is 1. The van der Waals surface area contributed by atoms with E-state index in [9.17, 15) is 9.18 Å². The summed E-state index contributed by atoms with van der Waals surface area (Å²) in [5, 5.41) is 4.58. The lowest BCUT2D eigenvalue weighted by Crippen LogP contribution is -2.12. The minimum absolute atomic E-state index is 0.287. The number of benzene rings is 3. The van der Waals surface area contributed by atoms with Gasteiger partial charge in [0, 0.05) is 27.7 Å². The summed E-state index contributed by atoms with van der Waals surface area (Å²) in [6.45, 7) is 0. The van der Waals surface area contributed by atoms with Crippen LogP contribution in [0.2, 0.25) is 0 Å². The third kappa shape index (κ3) is 2.56. The summed E-state index contributed by atoms with van der Waals surface area (Å²) in [6, 6.07) is 16.5. The van der Waals surface area contributed by atoms with Crippen molar-refractivity contribution in [3.05, 3.63) is 72.0 Å². The van der Waals surface area contributed by atoms with Crippen molar-refractivity contribution < 1.29 is 9.18 Å². The maximum Gasteiger partial charge on any atom is 0.255 e. The average Bonchev–Trinajstić information content (AvgIpc) is 2.51. The Kier molecular flexibility index (Phi) is 3.28. The van der Waals surface area contributed by atoms with Crippen LogP contribution in [0.5, 0.6) is 0 Å². The summed E-state index contributed by atoms with van der Waals surface area (Å²) < 4.78 is 12.9. The zero-order valence-corrected chi connectivity index (χ0v) is 11.1. The molecule has 4 heteroatoms. The highest BCUT2D eigenvalue weighted by molar-refractivity contribution is 6.10. The van der Waals surface area contributed by atoms with Crippen LogP contribution in [0.3, 0.4) is 0 Å². The number of nitrogen functional groups attached to an aromatic ring is 1. The maximum absolute atomic E-state index is 12.9. The molecule has 0 atom stereocenters. The highest BCUT2D eigenvalue weighted by atomic mass is 19.1. The third-order valence-electron chi connectivity index (χ3n) is 3.31. The smallest absolute Gasteiger partial charge is 0.255 e. The summed E-state index contributed by atoms with van der Waals surface area (Å²) in [5.41, 5.74) is 7.66. The van der Waals surface area contributed by atoms with Crippen LogP contribution in [0.4, 0.5) is 15.8 Å². The molecule has 0 radical (unpaired) electrons. The van der Waals surface area contributed by atoms with Gasteiger partial charge in [-0.2, -0.15) is 0 Å². The van der Waals surface area contributed by atoms with Gasteiger partial charge in [-0.25, -0.2) is 4.39 Å². The minimum Gasteiger partial charge on any atom is -0.398 e. The Bertz CT molecular complexity index is 813. The Hall–Kier alpha value is -2.88. The number of halogens is 1. The summed E-state index contributed by atoms with van der Waals surface area (Å²) >= 11 is 0. The Morgan fingerprint density at radius 3 is 2.29 bits per heavy atom. The zero-order chi connectivity index (χ0) is 14.8. The molecular weight excluding hydrogens is 267 g/mol. The second-order valence-corrected chi connectivity index (χ2v) is 4.71. The quantitative estimate of drug-likeness (QED) is 0.701. The van der Waals surface area contributed by atoms with Crippen LogP contribution in [0.15, 0.2) is 60.7 Å². The van der Waals surface area contributed by atoms with Crippen molar-refractivity contribution in [2.75, 3.05) is 11.1 Å². The normalized spacial score (nSPS) is 10.5. The molecule has 3 aromatic carbocycles.